The van der Waals surface area contributed by atoms with Gasteiger partial charge in [-0.05, 0) is 26.2 Å². The maximum Gasteiger partial charge on any atom is 0.323 e. The zero-order valence-electron chi connectivity index (χ0n) is 11.6. The number of nitrogens with zero attached hydrogens (tertiary/aromatic N) is 1. The fourth-order valence-corrected chi connectivity index (χ4v) is 1.95. The largest absolute Gasteiger partial charge is 0.480 e. The van der Waals surface area contributed by atoms with E-state index in [1.807, 2.05) is 13.8 Å². The second kappa shape index (κ2) is 6.00. The Labute approximate surface area is 103 Å². The molecular formula is C12H24N2O3. The van der Waals surface area contributed by atoms with E-state index in [1.165, 1.54) is 4.90 Å². The Kier molecular flexibility index (Phi) is 5.61. The first-order valence-corrected chi connectivity index (χ1v) is 5.82. The van der Waals surface area contributed by atoms with Crippen LogP contribution >= 0.6 is 0 Å². The molecule has 0 aliphatic rings. The highest BCUT2D eigenvalue weighted by molar-refractivity contribution is 5.83. The van der Waals surface area contributed by atoms with E-state index in [1.54, 1.807) is 27.9 Å². The van der Waals surface area contributed by atoms with Crippen LogP contribution in [0.3, 0.4) is 0 Å². The van der Waals surface area contributed by atoms with Crippen LogP contribution in [0.5, 0.6) is 0 Å². The van der Waals surface area contributed by atoms with Crippen molar-refractivity contribution in [1.82, 2.24) is 10.2 Å². The lowest BCUT2D eigenvalue weighted by molar-refractivity contribution is -0.146. The number of carbonyl (C=O) groups excluding carboxylic acids is 1. The molecule has 5 nitrogen and oxygen atoms in total. The van der Waals surface area contributed by atoms with Crippen LogP contribution in [-0.2, 0) is 9.59 Å². The lowest BCUT2D eigenvalue weighted by Crippen LogP contribution is -2.57. The summed E-state index contributed by atoms with van der Waals surface area (Å²) in [6, 6.07) is -0.509. The smallest absolute Gasteiger partial charge is 0.323 e. The highest BCUT2D eigenvalue weighted by Gasteiger charge is 2.36. The molecule has 0 saturated carbocycles. The summed E-state index contributed by atoms with van der Waals surface area (Å²) < 4.78 is 0. The van der Waals surface area contributed by atoms with Crippen molar-refractivity contribution in [2.24, 2.45) is 5.92 Å². The number of carboxylic acids is 1. The van der Waals surface area contributed by atoms with Gasteiger partial charge in [0.15, 0.2) is 0 Å². The van der Waals surface area contributed by atoms with Crippen molar-refractivity contribution < 1.29 is 14.7 Å². The van der Waals surface area contributed by atoms with E-state index in [9.17, 15) is 14.7 Å². The molecular weight excluding hydrogens is 220 g/mol. The zero-order chi connectivity index (χ0) is 13.8. The van der Waals surface area contributed by atoms with Crippen molar-refractivity contribution >= 4 is 11.9 Å². The second-order valence-electron chi connectivity index (χ2n) is 5.33. The molecule has 0 saturated heterocycles. The quantitative estimate of drug-likeness (QED) is 0.729. The van der Waals surface area contributed by atoms with Gasteiger partial charge in [0.25, 0.3) is 0 Å². The molecule has 100 valence electrons. The third-order valence-corrected chi connectivity index (χ3v) is 2.63. The molecule has 0 spiro atoms. The number of hydrogen-bond donors (Lipinski definition) is 2. The van der Waals surface area contributed by atoms with Gasteiger partial charge in [-0.15, -0.1) is 0 Å². The normalized spacial score (nSPS) is 16.4. The Hall–Kier alpha value is -1.10. The van der Waals surface area contributed by atoms with Crippen molar-refractivity contribution in [3.8, 4) is 0 Å². The summed E-state index contributed by atoms with van der Waals surface area (Å²) in [5.41, 5.74) is -1.07. The van der Waals surface area contributed by atoms with Gasteiger partial charge >= 0.3 is 5.97 Å². The van der Waals surface area contributed by atoms with E-state index in [4.69, 9.17) is 0 Å². The topological polar surface area (TPSA) is 69.6 Å². The number of nitrogens with one attached hydrogen (secondary N) is 1. The van der Waals surface area contributed by atoms with E-state index in [0.29, 0.717) is 6.42 Å². The van der Waals surface area contributed by atoms with Gasteiger partial charge in [-0.1, -0.05) is 13.8 Å². The first kappa shape index (κ1) is 15.9. The van der Waals surface area contributed by atoms with Crippen molar-refractivity contribution in [3.63, 3.8) is 0 Å². The van der Waals surface area contributed by atoms with Gasteiger partial charge in [-0.3, -0.25) is 14.9 Å². The molecule has 17 heavy (non-hydrogen) atoms. The lowest BCUT2D eigenvalue weighted by atomic mass is 9.90. The molecule has 0 aromatic rings. The molecule has 2 atom stereocenters. The summed E-state index contributed by atoms with van der Waals surface area (Å²) in [5, 5.41) is 12.2. The average molecular weight is 244 g/mol. The molecule has 0 aromatic carbocycles. The minimum absolute atomic E-state index is 0.124. The average Bonchev–Trinajstić information content (AvgIpc) is 2.14. The summed E-state index contributed by atoms with van der Waals surface area (Å²) in [5.74, 6) is -0.809. The van der Waals surface area contributed by atoms with Gasteiger partial charge in [-0.2, -0.15) is 0 Å². The molecule has 0 fully saturated rings. The molecule has 0 aromatic heterocycles. The van der Waals surface area contributed by atoms with Gasteiger partial charge in [-0.25, -0.2) is 0 Å². The molecule has 2 unspecified atom stereocenters. The summed E-state index contributed by atoms with van der Waals surface area (Å²) in [6.45, 7) is 7.22. The maximum absolute atomic E-state index is 11.7. The van der Waals surface area contributed by atoms with Gasteiger partial charge < -0.3 is 10.0 Å². The molecule has 0 heterocycles. The maximum atomic E-state index is 11.7. The number of hydrogen-bond acceptors (Lipinski definition) is 3. The summed E-state index contributed by atoms with van der Waals surface area (Å²) in [6.07, 6.45) is 0.480. The van der Waals surface area contributed by atoms with Crippen LogP contribution in [0.25, 0.3) is 0 Å². The molecule has 0 radical (unpaired) electrons. The van der Waals surface area contributed by atoms with E-state index in [-0.39, 0.29) is 11.8 Å². The Morgan fingerprint density at radius 2 is 1.76 bits per heavy atom. The number of likely N-dealkylation sites (N-methyl/N-ethyl adjacent to an activating group) is 1. The Morgan fingerprint density at radius 1 is 1.29 bits per heavy atom. The van der Waals surface area contributed by atoms with Crippen molar-refractivity contribution in [2.45, 2.75) is 45.7 Å². The van der Waals surface area contributed by atoms with E-state index in [0.717, 1.165) is 0 Å². The van der Waals surface area contributed by atoms with E-state index in [2.05, 4.69) is 5.32 Å². The van der Waals surface area contributed by atoms with E-state index < -0.39 is 17.6 Å². The summed E-state index contributed by atoms with van der Waals surface area (Å²) in [4.78, 5) is 24.5. The van der Waals surface area contributed by atoms with Crippen LogP contribution in [0.2, 0.25) is 0 Å². The van der Waals surface area contributed by atoms with Crippen LogP contribution in [0.4, 0.5) is 0 Å². The number of rotatable bonds is 6. The Balaban J connectivity index is 4.77. The van der Waals surface area contributed by atoms with Crippen LogP contribution in [0.15, 0.2) is 0 Å². The third kappa shape index (κ3) is 4.73. The Bertz CT molecular complexity index is 289. The Morgan fingerprint density at radius 3 is 2.06 bits per heavy atom. The number of carbonyl (C=O) groups is 2. The van der Waals surface area contributed by atoms with Gasteiger partial charge in [0.2, 0.25) is 5.91 Å². The fraction of sp³-hybridized carbons (Fsp3) is 0.833. The molecule has 2 N–H and O–H groups in total. The van der Waals surface area contributed by atoms with Crippen LogP contribution in [0, 0.1) is 5.92 Å². The number of amides is 1. The standard InChI is InChI=1S/C12H24N2O3/c1-8(2)7-12(4,11(16)17)13-9(3)10(15)14(5)6/h8-9,13H,7H2,1-6H3,(H,16,17). The molecule has 0 aliphatic heterocycles. The number of aliphatic carboxylic acids is 1. The van der Waals surface area contributed by atoms with Crippen molar-refractivity contribution in [2.75, 3.05) is 14.1 Å². The van der Waals surface area contributed by atoms with Gasteiger partial charge in [0.05, 0.1) is 6.04 Å². The van der Waals surface area contributed by atoms with Crippen LogP contribution in [-0.4, -0.2) is 47.6 Å². The third-order valence-electron chi connectivity index (χ3n) is 2.63. The highest BCUT2D eigenvalue weighted by atomic mass is 16.4. The van der Waals surface area contributed by atoms with Crippen molar-refractivity contribution in [1.29, 1.82) is 0 Å². The predicted molar refractivity (Wildman–Crippen MR) is 66.8 cm³/mol. The van der Waals surface area contributed by atoms with Crippen molar-refractivity contribution in [3.05, 3.63) is 0 Å². The molecule has 0 aliphatic carbocycles. The monoisotopic (exact) mass is 244 g/mol. The molecule has 1 amide bonds. The first-order chi connectivity index (χ1) is 7.60. The molecule has 5 heteroatoms. The zero-order valence-corrected chi connectivity index (χ0v) is 11.6. The summed E-state index contributed by atoms with van der Waals surface area (Å²) >= 11 is 0. The van der Waals surface area contributed by atoms with Crippen LogP contribution in [0.1, 0.15) is 34.1 Å². The van der Waals surface area contributed by atoms with Gasteiger partial charge in [0, 0.05) is 14.1 Å². The number of carboxylic acid groups (broad SMARTS) is 1. The fourth-order valence-electron chi connectivity index (χ4n) is 1.95. The van der Waals surface area contributed by atoms with Gasteiger partial charge in [0.1, 0.15) is 5.54 Å². The summed E-state index contributed by atoms with van der Waals surface area (Å²) in [7, 11) is 3.31. The molecule has 0 bridgehead atoms. The second-order valence-corrected chi connectivity index (χ2v) is 5.33. The first-order valence-electron chi connectivity index (χ1n) is 5.82. The molecule has 0 rings (SSSR count). The SMILES string of the molecule is CC(C)CC(C)(NC(C)C(=O)N(C)C)C(=O)O. The lowest BCUT2D eigenvalue weighted by Gasteiger charge is -2.31. The highest BCUT2D eigenvalue weighted by Crippen LogP contribution is 2.18. The van der Waals surface area contributed by atoms with Crippen LogP contribution < -0.4 is 5.32 Å². The minimum Gasteiger partial charge on any atom is -0.480 e. The predicted octanol–water partition coefficient (Wildman–Crippen LogP) is 0.942. The van der Waals surface area contributed by atoms with E-state index >= 15 is 0 Å². The minimum atomic E-state index is -1.07.